The van der Waals surface area contributed by atoms with E-state index >= 15 is 0 Å². The van der Waals surface area contributed by atoms with E-state index in [1.807, 2.05) is 43.3 Å². The van der Waals surface area contributed by atoms with Gasteiger partial charge in [-0.05, 0) is 68.5 Å². The summed E-state index contributed by atoms with van der Waals surface area (Å²) in [7, 11) is 1.68. The van der Waals surface area contributed by atoms with Crippen molar-refractivity contribution >= 4 is 28.1 Å². The molecular formula is C27H27N3O3S. The van der Waals surface area contributed by atoms with Crippen molar-refractivity contribution < 1.29 is 13.9 Å². The van der Waals surface area contributed by atoms with Crippen LogP contribution in [0.4, 0.5) is 10.8 Å². The van der Waals surface area contributed by atoms with E-state index in [0.29, 0.717) is 5.76 Å². The van der Waals surface area contributed by atoms with Crippen LogP contribution < -0.4 is 15.4 Å². The SMILES string of the molecule is COc1ccccc1[C@@H](Nc1cccc(C)n1)c1c(NC(=O)c2ccco2)sc2c1CCCC2. The van der Waals surface area contributed by atoms with Gasteiger partial charge in [0.25, 0.3) is 5.91 Å². The molecule has 34 heavy (non-hydrogen) atoms. The monoisotopic (exact) mass is 473 g/mol. The second kappa shape index (κ2) is 9.73. The van der Waals surface area contributed by atoms with Crippen molar-refractivity contribution in [3.8, 4) is 5.75 Å². The minimum Gasteiger partial charge on any atom is -0.496 e. The average Bonchev–Trinajstić information content (AvgIpc) is 3.51. The van der Waals surface area contributed by atoms with Crippen LogP contribution in [0.5, 0.6) is 5.75 Å². The number of carbonyl (C=O) groups is 1. The number of para-hydroxylation sites is 1. The van der Waals surface area contributed by atoms with Crippen LogP contribution in [0.2, 0.25) is 0 Å². The number of methoxy groups -OCH3 is 1. The quantitative estimate of drug-likeness (QED) is 0.325. The number of carbonyl (C=O) groups excluding carboxylic acids is 1. The summed E-state index contributed by atoms with van der Waals surface area (Å²) < 4.78 is 11.1. The van der Waals surface area contributed by atoms with E-state index in [0.717, 1.165) is 59.1 Å². The van der Waals surface area contributed by atoms with Crippen molar-refractivity contribution in [1.82, 2.24) is 4.98 Å². The molecule has 5 rings (SSSR count). The molecule has 1 aliphatic carbocycles. The first kappa shape index (κ1) is 22.2. The Morgan fingerprint density at radius 2 is 1.94 bits per heavy atom. The van der Waals surface area contributed by atoms with Crippen LogP contribution in [0.3, 0.4) is 0 Å². The van der Waals surface area contributed by atoms with Crippen LogP contribution in [0.25, 0.3) is 0 Å². The largest absolute Gasteiger partial charge is 0.496 e. The van der Waals surface area contributed by atoms with E-state index in [4.69, 9.17) is 14.1 Å². The van der Waals surface area contributed by atoms with Crippen molar-refractivity contribution in [2.24, 2.45) is 0 Å². The number of anilines is 2. The fourth-order valence-corrected chi connectivity index (χ4v) is 5.87. The fourth-order valence-electron chi connectivity index (χ4n) is 4.54. The summed E-state index contributed by atoms with van der Waals surface area (Å²) in [5.74, 6) is 1.60. The van der Waals surface area contributed by atoms with Crippen LogP contribution in [-0.4, -0.2) is 18.0 Å². The predicted molar refractivity (Wildman–Crippen MR) is 135 cm³/mol. The van der Waals surface area contributed by atoms with E-state index < -0.39 is 0 Å². The molecular weight excluding hydrogens is 446 g/mol. The molecule has 0 spiro atoms. The molecule has 0 radical (unpaired) electrons. The third kappa shape index (κ3) is 4.43. The average molecular weight is 474 g/mol. The molecule has 3 aromatic heterocycles. The van der Waals surface area contributed by atoms with Crippen molar-refractivity contribution in [2.75, 3.05) is 17.7 Å². The van der Waals surface area contributed by atoms with Gasteiger partial charge in [0.2, 0.25) is 0 Å². The molecule has 0 unspecified atom stereocenters. The van der Waals surface area contributed by atoms with Gasteiger partial charge in [-0.1, -0.05) is 24.3 Å². The lowest BCUT2D eigenvalue weighted by molar-refractivity contribution is 0.0997. The van der Waals surface area contributed by atoms with E-state index in [1.54, 1.807) is 30.6 Å². The molecule has 3 heterocycles. The highest BCUT2D eigenvalue weighted by Gasteiger charge is 2.30. The molecule has 0 aliphatic heterocycles. The first-order valence-electron chi connectivity index (χ1n) is 11.5. The number of nitrogens with one attached hydrogen (secondary N) is 2. The number of furan rings is 1. The highest BCUT2D eigenvalue weighted by atomic mass is 32.1. The lowest BCUT2D eigenvalue weighted by Gasteiger charge is -2.25. The number of rotatable bonds is 7. The van der Waals surface area contributed by atoms with Crippen molar-refractivity contribution in [3.63, 3.8) is 0 Å². The smallest absolute Gasteiger partial charge is 0.291 e. The minimum atomic E-state index is -0.254. The third-order valence-electron chi connectivity index (χ3n) is 6.10. The molecule has 1 aliphatic rings. The Hall–Kier alpha value is -3.58. The zero-order chi connectivity index (χ0) is 23.5. The number of aromatic nitrogens is 1. The Morgan fingerprint density at radius 3 is 2.74 bits per heavy atom. The number of benzene rings is 1. The second-order valence-electron chi connectivity index (χ2n) is 8.37. The van der Waals surface area contributed by atoms with E-state index in [2.05, 4.69) is 16.7 Å². The zero-order valence-electron chi connectivity index (χ0n) is 19.3. The van der Waals surface area contributed by atoms with Gasteiger partial charge in [0.15, 0.2) is 5.76 Å². The van der Waals surface area contributed by atoms with E-state index in [9.17, 15) is 4.79 Å². The molecule has 6 nitrogen and oxygen atoms in total. The van der Waals surface area contributed by atoms with Gasteiger partial charge in [-0.25, -0.2) is 4.98 Å². The fraction of sp³-hybridized carbons (Fsp3) is 0.259. The summed E-state index contributed by atoms with van der Waals surface area (Å²) in [5.41, 5.74) is 4.31. The molecule has 4 aromatic rings. The Morgan fingerprint density at radius 1 is 1.09 bits per heavy atom. The molecule has 1 atom stereocenters. The van der Waals surface area contributed by atoms with Crippen molar-refractivity contribution in [1.29, 1.82) is 0 Å². The van der Waals surface area contributed by atoms with Crippen LogP contribution in [-0.2, 0) is 12.8 Å². The molecule has 0 saturated heterocycles. The summed E-state index contributed by atoms with van der Waals surface area (Å²) in [6.45, 7) is 1.98. The third-order valence-corrected chi connectivity index (χ3v) is 7.33. The van der Waals surface area contributed by atoms with Crippen LogP contribution in [0.15, 0.2) is 65.3 Å². The Kier molecular flexibility index (Phi) is 6.36. The number of nitrogens with zero attached hydrogens (tertiary/aromatic N) is 1. The van der Waals surface area contributed by atoms with E-state index in [-0.39, 0.29) is 11.9 Å². The molecule has 2 N–H and O–H groups in total. The van der Waals surface area contributed by atoms with Gasteiger partial charge in [0, 0.05) is 21.7 Å². The highest BCUT2D eigenvalue weighted by Crippen LogP contribution is 2.46. The van der Waals surface area contributed by atoms with Gasteiger partial charge in [-0.3, -0.25) is 4.79 Å². The Bertz CT molecular complexity index is 1300. The minimum absolute atomic E-state index is 0.252. The summed E-state index contributed by atoms with van der Waals surface area (Å²) in [6.07, 6.45) is 5.80. The van der Waals surface area contributed by atoms with Crippen molar-refractivity contribution in [2.45, 2.75) is 38.6 Å². The summed E-state index contributed by atoms with van der Waals surface area (Å²) in [4.78, 5) is 19.0. The number of thiophene rings is 1. The lowest BCUT2D eigenvalue weighted by Crippen LogP contribution is -2.19. The number of hydrogen-bond donors (Lipinski definition) is 2. The maximum atomic E-state index is 13.0. The molecule has 7 heteroatoms. The van der Waals surface area contributed by atoms with Gasteiger partial charge in [-0.15, -0.1) is 11.3 Å². The van der Waals surface area contributed by atoms with Crippen LogP contribution in [0, 0.1) is 6.92 Å². The second-order valence-corrected chi connectivity index (χ2v) is 9.47. The molecule has 0 fully saturated rings. The van der Waals surface area contributed by atoms with Gasteiger partial charge < -0.3 is 19.8 Å². The lowest BCUT2D eigenvalue weighted by atomic mass is 9.89. The standard InChI is InChI=1S/C27H27N3O3S/c1-17-9-7-15-23(28-17)29-25(18-10-3-5-12-20(18)32-2)24-19-11-4-6-14-22(19)34-27(24)30-26(31)21-13-8-16-33-21/h3,5,7-10,12-13,15-16,25H,4,6,11,14H2,1-2H3,(H,28,29)(H,30,31)/t25-/m1/s1. The molecule has 1 aromatic carbocycles. The number of aryl methyl sites for hydroxylation is 2. The highest BCUT2D eigenvalue weighted by molar-refractivity contribution is 7.16. The Labute approximate surface area is 203 Å². The van der Waals surface area contributed by atoms with Crippen LogP contribution in [0.1, 0.15) is 56.7 Å². The van der Waals surface area contributed by atoms with Gasteiger partial charge in [-0.2, -0.15) is 0 Å². The molecule has 174 valence electrons. The first-order valence-corrected chi connectivity index (χ1v) is 12.3. The number of pyridine rings is 1. The Balaban J connectivity index is 1.65. The predicted octanol–water partition coefficient (Wildman–Crippen LogP) is 6.39. The number of fused-ring (bicyclic) bond motifs is 1. The molecule has 0 saturated carbocycles. The zero-order valence-corrected chi connectivity index (χ0v) is 20.1. The molecule has 0 bridgehead atoms. The maximum absolute atomic E-state index is 13.0. The van der Waals surface area contributed by atoms with Gasteiger partial charge in [0.1, 0.15) is 16.6 Å². The normalized spacial score (nSPS) is 13.7. The van der Waals surface area contributed by atoms with Gasteiger partial charge >= 0.3 is 0 Å². The number of hydrogen-bond acceptors (Lipinski definition) is 6. The number of ether oxygens (including phenoxy) is 1. The molecule has 1 amide bonds. The summed E-state index contributed by atoms with van der Waals surface area (Å²) >= 11 is 1.66. The van der Waals surface area contributed by atoms with E-state index in [1.165, 1.54) is 16.7 Å². The van der Waals surface area contributed by atoms with Crippen molar-refractivity contribution in [3.05, 3.63) is 93.9 Å². The maximum Gasteiger partial charge on any atom is 0.291 e. The van der Waals surface area contributed by atoms with Crippen LogP contribution >= 0.6 is 11.3 Å². The van der Waals surface area contributed by atoms with Gasteiger partial charge in [0.05, 0.1) is 19.4 Å². The summed E-state index contributed by atoms with van der Waals surface area (Å²) in [6, 6.07) is 17.1. The first-order chi connectivity index (χ1) is 16.6. The summed E-state index contributed by atoms with van der Waals surface area (Å²) in [5, 5.41) is 7.63. The topological polar surface area (TPSA) is 76.4 Å². The number of amides is 1.